The average molecular weight is 1420 g/mol. The number of alkyl halides is 9. The minimum atomic E-state index is -4.62. The van der Waals surface area contributed by atoms with Crippen LogP contribution < -0.4 is 16.0 Å². The third kappa shape index (κ3) is 20.8. The van der Waals surface area contributed by atoms with Crippen LogP contribution in [-0.2, 0) is 52.7 Å². The van der Waals surface area contributed by atoms with Crippen LogP contribution in [0.5, 0.6) is 0 Å². The molecule has 31 heteroatoms. The van der Waals surface area contributed by atoms with Crippen molar-refractivity contribution < 1.29 is 87.9 Å². The molecule has 0 aromatic carbocycles. The molecule has 5 rings (SSSR count). The smallest absolute Gasteiger partial charge is 0.343 e. The topological polar surface area (TPSA) is 250 Å². The molecule has 1 spiro atoms. The Bertz CT molecular complexity index is 2830. The summed E-state index contributed by atoms with van der Waals surface area (Å²) in [6, 6.07) is -9.69. The van der Waals surface area contributed by atoms with Crippen molar-refractivity contribution in [3.8, 4) is 0 Å². The summed E-state index contributed by atoms with van der Waals surface area (Å²) in [5.74, 6) is -18.8. The zero-order chi connectivity index (χ0) is 73.3. The molecule has 0 aromatic heterocycles. The van der Waals surface area contributed by atoms with Gasteiger partial charge in [-0.05, 0) is 126 Å². The molecule has 2 heterocycles. The van der Waals surface area contributed by atoms with Crippen LogP contribution in [0.4, 0.5) is 35.1 Å². The summed E-state index contributed by atoms with van der Waals surface area (Å²) in [5, 5.41) is 6.63. The second-order valence-electron chi connectivity index (χ2n) is 28.9. The van der Waals surface area contributed by atoms with Gasteiger partial charge < -0.3 is 55.1 Å². The average Bonchev–Trinajstić information content (AvgIpc) is 1.72. The van der Waals surface area contributed by atoms with Gasteiger partial charge in [0.25, 0.3) is 5.92 Å². The summed E-state index contributed by atoms with van der Waals surface area (Å²) in [6.45, 7) is 8.70. The normalized spacial score (nSPS) is 30.9. The Morgan fingerprint density at radius 3 is 1.70 bits per heavy atom. The van der Waals surface area contributed by atoms with E-state index in [-0.39, 0.29) is 95.8 Å². The number of carbonyl (C=O) groups excluding carboxylic acids is 11. The highest BCUT2D eigenvalue weighted by molar-refractivity contribution is 6.20. The summed E-state index contributed by atoms with van der Waals surface area (Å²) in [5.41, 5.74) is -1.77. The first-order valence-electron chi connectivity index (χ1n) is 34.1. The standard InChI is InChI=1S/C66H104ClF8N11O11/c1-15-38(5)54-60(95)81(10)34-52(89)79(8)35-53(90)84(13)48(31-42-18-22-43(23-19-42)65(70,71)72)59(94)80(9)33-50(87)76-46(25-21-41-20-24-44(45(67)30-41)66(73,74)75)58(93)86-36-64(68,69)32-49(86)57(92)78-63(26-17-27-63)62(97)85(14)55(39(6)16-2)61(96)82(11)40(7)29-51(88)83(12)47(28-37(3)4)56(91)77-54/h37-49,54-55H,15-36H2,1-14H3,(H,76,87)(H,77,91)(H,78,92)/t38-,39-,40+,41?,42?,43?,44?,45?,46-,47-,48-,49-,54-,55-/m0/s1. The number of amides is 11. The van der Waals surface area contributed by atoms with Gasteiger partial charge in [0, 0.05) is 73.6 Å². The van der Waals surface area contributed by atoms with E-state index in [4.69, 9.17) is 11.6 Å². The van der Waals surface area contributed by atoms with Gasteiger partial charge in [0.1, 0.15) is 41.8 Å². The molecule has 5 aliphatic rings. The fourth-order valence-corrected chi connectivity index (χ4v) is 14.6. The molecule has 552 valence electrons. The predicted molar refractivity (Wildman–Crippen MR) is 343 cm³/mol. The lowest BCUT2D eigenvalue weighted by Gasteiger charge is -2.46. The summed E-state index contributed by atoms with van der Waals surface area (Å²) in [7, 11) is 9.19. The summed E-state index contributed by atoms with van der Waals surface area (Å²) in [6.07, 6.45) is -11.3. The number of nitrogens with one attached hydrogen (secondary N) is 3. The number of halogens is 9. The minimum Gasteiger partial charge on any atom is -0.343 e. The Hall–Kier alpha value is -6.10. The van der Waals surface area contributed by atoms with Gasteiger partial charge in [0.15, 0.2) is 0 Å². The van der Waals surface area contributed by atoms with Crippen LogP contribution in [0.1, 0.15) is 164 Å². The summed E-state index contributed by atoms with van der Waals surface area (Å²) >= 11 is 6.29. The summed E-state index contributed by atoms with van der Waals surface area (Å²) < 4.78 is 115. The fraction of sp³-hybridized carbons (Fsp3) is 0.833. The quantitative estimate of drug-likeness (QED) is 0.147. The molecule has 0 bridgehead atoms. The molecule has 2 saturated heterocycles. The molecule has 0 radical (unpaired) electrons. The van der Waals surface area contributed by atoms with E-state index in [1.54, 1.807) is 34.6 Å². The molecule has 3 N–H and O–H groups in total. The van der Waals surface area contributed by atoms with Crippen molar-refractivity contribution in [3.63, 3.8) is 0 Å². The monoisotopic (exact) mass is 1410 g/mol. The Labute approximate surface area is 570 Å². The largest absolute Gasteiger partial charge is 0.393 e. The van der Waals surface area contributed by atoms with Crippen LogP contribution in [0.15, 0.2) is 0 Å². The maximum absolute atomic E-state index is 15.9. The lowest BCUT2D eigenvalue weighted by atomic mass is 9.74. The van der Waals surface area contributed by atoms with E-state index in [0.29, 0.717) is 24.2 Å². The Morgan fingerprint density at radius 1 is 0.598 bits per heavy atom. The molecular weight excluding hydrogens is 1310 g/mol. The number of hydrogen-bond donors (Lipinski definition) is 3. The van der Waals surface area contributed by atoms with Crippen molar-refractivity contribution >= 4 is 76.6 Å². The Balaban J connectivity index is 1.58. The maximum Gasteiger partial charge on any atom is 0.393 e. The molecule has 12 atom stereocenters. The van der Waals surface area contributed by atoms with Crippen LogP contribution in [0, 0.1) is 41.4 Å². The van der Waals surface area contributed by atoms with Crippen LogP contribution in [-0.4, -0.2) is 251 Å². The lowest BCUT2D eigenvalue weighted by Crippen LogP contribution is -2.68. The van der Waals surface area contributed by atoms with Gasteiger partial charge in [-0.1, -0.05) is 54.4 Å². The molecule has 3 unspecified atom stereocenters. The fourth-order valence-electron chi connectivity index (χ4n) is 14.1. The van der Waals surface area contributed by atoms with E-state index < -0.39 is 205 Å². The first-order chi connectivity index (χ1) is 44.9. The predicted octanol–water partition coefficient (Wildman–Crippen LogP) is 6.60. The number of fused-ring (bicyclic) bond motifs is 1. The van der Waals surface area contributed by atoms with Gasteiger partial charge in [-0.2, -0.15) is 26.3 Å². The number of nitrogens with zero attached hydrogens (tertiary/aromatic N) is 8. The van der Waals surface area contributed by atoms with Crippen LogP contribution in [0.2, 0.25) is 0 Å². The second-order valence-corrected chi connectivity index (χ2v) is 29.5. The number of rotatable bonds is 11. The van der Waals surface area contributed by atoms with E-state index in [1.807, 2.05) is 13.8 Å². The molecule has 3 aliphatic carbocycles. The number of likely N-dealkylation sites (N-methyl/N-ethyl adjacent to an activating group) is 7. The van der Waals surface area contributed by atoms with Crippen LogP contribution in [0.3, 0.4) is 0 Å². The number of carbonyl (C=O) groups is 11. The zero-order valence-corrected chi connectivity index (χ0v) is 59.4. The molecule has 5 fully saturated rings. The molecule has 0 aromatic rings. The SMILES string of the molecule is CC[C@H](C)[C@@H]1NC(=O)[C@H](CC(C)C)N(C)C(=O)C[C@@H](C)N(C)C(=O)[C@H]([C@@H](C)CC)N(C)C(=O)C2(CCC2)NC(=O)[C@@H]2CC(F)(F)CN2C(=O)[C@H](CCC2CCC(C(F)(F)F)C(Cl)C2)NC(=O)CN(C)C(=O)[C@H](CC2CCC(C(F)(F)F)CC2)N(C)C(=O)CN(C)C(=O)CN(C)C1=O. The summed E-state index contributed by atoms with van der Waals surface area (Å²) in [4.78, 5) is 168. The van der Waals surface area contributed by atoms with Crippen molar-refractivity contribution in [2.24, 2.45) is 41.4 Å². The minimum absolute atomic E-state index is 0.00391. The van der Waals surface area contributed by atoms with Gasteiger partial charge >= 0.3 is 12.4 Å². The van der Waals surface area contributed by atoms with Gasteiger partial charge in [-0.3, -0.25) is 52.7 Å². The van der Waals surface area contributed by atoms with Crippen molar-refractivity contribution in [2.75, 3.05) is 75.5 Å². The van der Waals surface area contributed by atoms with Crippen LogP contribution in [0.25, 0.3) is 0 Å². The van der Waals surface area contributed by atoms with Crippen LogP contribution >= 0.6 is 11.6 Å². The molecule has 11 amide bonds. The van der Waals surface area contributed by atoms with E-state index in [2.05, 4.69) is 16.0 Å². The van der Waals surface area contributed by atoms with Crippen molar-refractivity contribution in [2.45, 2.75) is 236 Å². The number of hydrogen-bond acceptors (Lipinski definition) is 11. The van der Waals surface area contributed by atoms with Gasteiger partial charge in [-0.15, -0.1) is 11.6 Å². The lowest BCUT2D eigenvalue weighted by molar-refractivity contribution is -0.184. The zero-order valence-electron chi connectivity index (χ0n) is 58.7. The van der Waals surface area contributed by atoms with Crippen molar-refractivity contribution in [1.82, 2.24) is 55.1 Å². The first kappa shape index (κ1) is 81.6. The molecule has 2 aliphatic heterocycles. The molecule has 3 saturated carbocycles. The molecule has 97 heavy (non-hydrogen) atoms. The molecular formula is C66H104ClF8N11O11. The highest BCUT2D eigenvalue weighted by Gasteiger charge is 2.56. The van der Waals surface area contributed by atoms with Crippen molar-refractivity contribution in [1.29, 1.82) is 0 Å². The van der Waals surface area contributed by atoms with E-state index in [9.17, 15) is 74.3 Å². The van der Waals surface area contributed by atoms with Gasteiger partial charge in [0.2, 0.25) is 65.0 Å². The van der Waals surface area contributed by atoms with Crippen molar-refractivity contribution in [3.05, 3.63) is 0 Å². The maximum atomic E-state index is 15.9. The first-order valence-corrected chi connectivity index (χ1v) is 34.5. The third-order valence-corrected chi connectivity index (χ3v) is 21.7. The second kappa shape index (κ2) is 33.8. The third-order valence-electron chi connectivity index (χ3n) is 21.2. The van der Waals surface area contributed by atoms with Gasteiger partial charge in [0.05, 0.1) is 38.0 Å². The van der Waals surface area contributed by atoms with Gasteiger partial charge in [-0.25, -0.2) is 8.78 Å². The highest BCUT2D eigenvalue weighted by atomic mass is 35.5. The highest BCUT2D eigenvalue weighted by Crippen LogP contribution is 2.45. The Kier molecular flexibility index (Phi) is 28.5. The van der Waals surface area contributed by atoms with E-state index in [0.717, 1.165) is 26.6 Å². The van der Waals surface area contributed by atoms with E-state index in [1.165, 1.54) is 57.0 Å². The Morgan fingerprint density at radius 2 is 1.16 bits per heavy atom. The molecule has 22 nitrogen and oxygen atoms in total. The van der Waals surface area contributed by atoms with E-state index >= 15 is 13.6 Å².